The predicted octanol–water partition coefficient (Wildman–Crippen LogP) is 3.71. The smallest absolute Gasteiger partial charge is 0.313 e. The largest absolute Gasteiger partial charge is 0.489 e. The Labute approximate surface area is 136 Å². The Hall–Kier alpha value is -2.62. The fourth-order valence-electron chi connectivity index (χ4n) is 2.15. The molecule has 0 N–H and O–H groups in total. The van der Waals surface area contributed by atoms with Gasteiger partial charge in [-0.3, -0.25) is 9.59 Å². The van der Waals surface area contributed by atoms with E-state index in [0.717, 1.165) is 5.56 Å². The van der Waals surface area contributed by atoms with Crippen molar-refractivity contribution in [2.24, 2.45) is 0 Å². The summed E-state index contributed by atoms with van der Waals surface area (Å²) in [4.78, 5) is 23.2. The molecule has 0 fully saturated rings. The van der Waals surface area contributed by atoms with Crippen LogP contribution in [0.25, 0.3) is 0 Å². The molecule has 0 radical (unpaired) electrons. The van der Waals surface area contributed by atoms with Crippen LogP contribution in [0.5, 0.6) is 5.75 Å². The highest BCUT2D eigenvalue weighted by Crippen LogP contribution is 2.16. The minimum atomic E-state index is -0.503. The molecule has 0 heterocycles. The van der Waals surface area contributed by atoms with Crippen LogP contribution in [0.3, 0.4) is 0 Å². The van der Waals surface area contributed by atoms with E-state index in [4.69, 9.17) is 9.47 Å². The third-order valence-corrected chi connectivity index (χ3v) is 3.27. The van der Waals surface area contributed by atoms with Crippen LogP contribution in [0.2, 0.25) is 0 Å². The van der Waals surface area contributed by atoms with E-state index in [-0.39, 0.29) is 18.8 Å². The monoisotopic (exact) mass is 312 g/mol. The highest BCUT2D eigenvalue weighted by Gasteiger charge is 2.12. The number of rotatable bonds is 7. The van der Waals surface area contributed by atoms with E-state index >= 15 is 0 Å². The van der Waals surface area contributed by atoms with Gasteiger partial charge in [0, 0.05) is 5.56 Å². The topological polar surface area (TPSA) is 52.6 Å². The summed E-state index contributed by atoms with van der Waals surface area (Å²) in [6.07, 6.45) is -0.239. The molecular weight excluding hydrogens is 292 g/mol. The lowest BCUT2D eigenvalue weighted by Gasteiger charge is -2.08. The van der Waals surface area contributed by atoms with Crippen molar-refractivity contribution in [1.82, 2.24) is 0 Å². The highest BCUT2D eigenvalue weighted by molar-refractivity contribution is 6.05. The van der Waals surface area contributed by atoms with Crippen molar-refractivity contribution in [3.05, 3.63) is 65.2 Å². The van der Waals surface area contributed by atoms with Crippen LogP contribution in [0.1, 0.15) is 34.8 Å². The summed E-state index contributed by atoms with van der Waals surface area (Å²) >= 11 is 0. The van der Waals surface area contributed by atoms with Gasteiger partial charge in [-0.25, -0.2) is 0 Å². The van der Waals surface area contributed by atoms with Gasteiger partial charge in [-0.2, -0.15) is 0 Å². The van der Waals surface area contributed by atoms with Crippen molar-refractivity contribution >= 4 is 11.8 Å². The molecule has 23 heavy (non-hydrogen) atoms. The van der Waals surface area contributed by atoms with Crippen LogP contribution >= 0.6 is 0 Å². The summed E-state index contributed by atoms with van der Waals surface area (Å²) in [6.45, 7) is 4.49. The summed E-state index contributed by atoms with van der Waals surface area (Å²) in [6, 6.07) is 14.9. The third kappa shape index (κ3) is 5.25. The van der Waals surface area contributed by atoms with E-state index < -0.39 is 5.97 Å². The van der Waals surface area contributed by atoms with Gasteiger partial charge < -0.3 is 9.47 Å². The van der Waals surface area contributed by atoms with E-state index in [9.17, 15) is 9.59 Å². The van der Waals surface area contributed by atoms with E-state index in [1.54, 1.807) is 31.2 Å². The first-order valence-corrected chi connectivity index (χ1v) is 7.55. The van der Waals surface area contributed by atoms with Gasteiger partial charge >= 0.3 is 5.97 Å². The van der Waals surface area contributed by atoms with Crippen molar-refractivity contribution in [3.63, 3.8) is 0 Å². The number of hydrogen-bond donors (Lipinski definition) is 0. The minimum Gasteiger partial charge on any atom is -0.489 e. The lowest BCUT2D eigenvalue weighted by atomic mass is 10.1. The Morgan fingerprint density at radius 3 is 2.43 bits per heavy atom. The maximum absolute atomic E-state index is 11.9. The zero-order chi connectivity index (χ0) is 16.7. The van der Waals surface area contributed by atoms with Crippen LogP contribution in [0, 0.1) is 6.92 Å². The van der Waals surface area contributed by atoms with Gasteiger partial charge in [0.05, 0.1) is 6.61 Å². The van der Waals surface area contributed by atoms with Crippen molar-refractivity contribution in [3.8, 4) is 5.75 Å². The molecule has 0 aromatic heterocycles. The van der Waals surface area contributed by atoms with E-state index in [1.165, 1.54) is 5.56 Å². The van der Waals surface area contributed by atoms with Gasteiger partial charge in [0.25, 0.3) is 0 Å². The fourth-order valence-corrected chi connectivity index (χ4v) is 2.15. The minimum absolute atomic E-state index is 0.239. The average Bonchev–Trinajstić information content (AvgIpc) is 2.53. The van der Waals surface area contributed by atoms with Crippen molar-refractivity contribution in [1.29, 1.82) is 0 Å². The molecule has 0 atom stereocenters. The third-order valence-electron chi connectivity index (χ3n) is 3.27. The van der Waals surface area contributed by atoms with Gasteiger partial charge in [-0.1, -0.05) is 29.8 Å². The maximum atomic E-state index is 11.9. The standard InChI is InChI=1S/C19H20O4/c1-3-22-19(21)12-18(20)16-7-9-17(10-8-16)23-13-15-6-4-5-14(2)11-15/h4-11H,3,12-13H2,1-2H3. The fraction of sp³-hybridized carbons (Fsp3) is 0.263. The molecule has 0 unspecified atom stereocenters. The van der Waals surface area contributed by atoms with Crippen LogP contribution in [0.15, 0.2) is 48.5 Å². The van der Waals surface area contributed by atoms with Gasteiger partial charge in [-0.05, 0) is 43.7 Å². The maximum Gasteiger partial charge on any atom is 0.313 e. The molecule has 4 heteroatoms. The first-order valence-electron chi connectivity index (χ1n) is 7.55. The summed E-state index contributed by atoms with van der Waals surface area (Å²) in [7, 11) is 0. The number of esters is 1. The van der Waals surface area contributed by atoms with Crippen LogP contribution in [0.4, 0.5) is 0 Å². The number of aryl methyl sites for hydroxylation is 1. The van der Waals surface area contributed by atoms with Crippen molar-refractivity contribution in [2.45, 2.75) is 26.9 Å². The van der Waals surface area contributed by atoms with Gasteiger partial charge in [-0.15, -0.1) is 0 Å². The van der Waals surface area contributed by atoms with Gasteiger partial charge in [0.2, 0.25) is 0 Å². The van der Waals surface area contributed by atoms with Crippen LogP contribution in [-0.2, 0) is 16.1 Å². The molecular formula is C19H20O4. The second-order valence-electron chi connectivity index (χ2n) is 5.21. The Bertz CT molecular complexity index is 674. The second kappa shape index (κ2) is 8.13. The molecule has 0 saturated carbocycles. The Morgan fingerprint density at radius 1 is 1.04 bits per heavy atom. The number of benzene rings is 2. The Balaban J connectivity index is 1.91. The van der Waals surface area contributed by atoms with Crippen LogP contribution < -0.4 is 4.74 Å². The molecule has 0 saturated heterocycles. The average molecular weight is 312 g/mol. The number of Topliss-reactive ketones (excluding diaryl/α,β-unsaturated/α-hetero) is 1. The molecule has 2 aromatic rings. The lowest BCUT2D eigenvalue weighted by Crippen LogP contribution is -2.11. The highest BCUT2D eigenvalue weighted by atomic mass is 16.5. The number of ketones is 1. The summed E-state index contributed by atoms with van der Waals surface area (Å²) in [5.41, 5.74) is 2.75. The zero-order valence-corrected chi connectivity index (χ0v) is 13.4. The first-order chi connectivity index (χ1) is 11.1. The Morgan fingerprint density at radius 2 is 1.78 bits per heavy atom. The SMILES string of the molecule is CCOC(=O)CC(=O)c1ccc(OCc2cccc(C)c2)cc1. The normalized spacial score (nSPS) is 10.2. The van der Waals surface area contributed by atoms with E-state index in [0.29, 0.717) is 17.9 Å². The molecule has 120 valence electrons. The summed E-state index contributed by atoms with van der Waals surface area (Å²) in [5, 5.41) is 0. The summed E-state index contributed by atoms with van der Waals surface area (Å²) in [5.74, 6) is -0.0786. The molecule has 2 rings (SSSR count). The lowest BCUT2D eigenvalue weighted by molar-refractivity contribution is -0.141. The number of hydrogen-bond acceptors (Lipinski definition) is 4. The molecule has 0 spiro atoms. The summed E-state index contributed by atoms with van der Waals surface area (Å²) < 4.78 is 10.5. The molecule has 0 bridgehead atoms. The van der Waals surface area contributed by atoms with Gasteiger partial charge in [0.15, 0.2) is 5.78 Å². The molecule has 4 nitrogen and oxygen atoms in total. The van der Waals surface area contributed by atoms with Crippen molar-refractivity contribution in [2.75, 3.05) is 6.61 Å². The zero-order valence-electron chi connectivity index (χ0n) is 13.4. The first kappa shape index (κ1) is 16.7. The van der Waals surface area contributed by atoms with Crippen LogP contribution in [-0.4, -0.2) is 18.4 Å². The van der Waals surface area contributed by atoms with Crippen molar-refractivity contribution < 1.29 is 19.1 Å². The number of ether oxygens (including phenoxy) is 2. The molecule has 0 amide bonds. The van der Waals surface area contributed by atoms with Gasteiger partial charge in [0.1, 0.15) is 18.8 Å². The quantitative estimate of drug-likeness (QED) is 0.444. The second-order valence-corrected chi connectivity index (χ2v) is 5.21. The molecule has 2 aromatic carbocycles. The number of carbonyl (C=O) groups excluding carboxylic acids is 2. The molecule has 0 aliphatic heterocycles. The van der Waals surface area contributed by atoms with E-state index in [1.807, 2.05) is 25.1 Å². The molecule has 0 aliphatic carbocycles. The number of carbonyl (C=O) groups is 2. The predicted molar refractivity (Wildman–Crippen MR) is 87.5 cm³/mol. The molecule has 0 aliphatic rings. The Kier molecular flexibility index (Phi) is 5.92. The van der Waals surface area contributed by atoms with E-state index in [2.05, 4.69) is 6.07 Å².